The fourth-order valence-electron chi connectivity index (χ4n) is 2.32. The second-order valence-corrected chi connectivity index (χ2v) is 8.44. The van der Waals surface area contributed by atoms with E-state index >= 15 is 0 Å². The van der Waals surface area contributed by atoms with Crippen molar-refractivity contribution in [3.05, 3.63) is 59.7 Å². The third-order valence-corrected chi connectivity index (χ3v) is 6.32. The molecule has 1 N–H and O–H groups in total. The van der Waals surface area contributed by atoms with E-state index in [1.165, 1.54) is 24.3 Å². The molecule has 28 heavy (non-hydrogen) atoms. The van der Waals surface area contributed by atoms with Crippen molar-refractivity contribution in [2.75, 3.05) is 5.75 Å². The van der Waals surface area contributed by atoms with Gasteiger partial charge in [-0.25, -0.2) is 8.42 Å². The first-order chi connectivity index (χ1) is 13.2. The van der Waals surface area contributed by atoms with E-state index in [1.807, 2.05) is 0 Å². The van der Waals surface area contributed by atoms with Gasteiger partial charge in [0.05, 0.1) is 27.3 Å². The maximum Gasteiger partial charge on any atom is 0.416 e. The molecule has 11 heteroatoms. The maximum absolute atomic E-state index is 13.1. The van der Waals surface area contributed by atoms with Crippen molar-refractivity contribution in [3.8, 4) is 0 Å². The highest BCUT2D eigenvalue weighted by Crippen LogP contribution is 2.32. The van der Waals surface area contributed by atoms with Crippen LogP contribution in [0.2, 0.25) is 0 Å². The summed E-state index contributed by atoms with van der Waals surface area (Å²) in [7, 11) is -4.07. The molecule has 0 aliphatic carbocycles. The Labute approximate surface area is 162 Å². The summed E-state index contributed by atoms with van der Waals surface area (Å²) in [6, 6.07) is 9.63. The molecule has 146 valence electrons. The summed E-state index contributed by atoms with van der Waals surface area (Å²) in [5.74, 6) is -0.115. The minimum absolute atomic E-state index is 0.0608. The minimum atomic E-state index is -4.65. The first kappa shape index (κ1) is 20.1. The van der Waals surface area contributed by atoms with Crippen molar-refractivity contribution in [2.45, 2.75) is 16.0 Å². The second kappa shape index (κ2) is 7.76. The Morgan fingerprint density at radius 1 is 1.11 bits per heavy atom. The summed E-state index contributed by atoms with van der Waals surface area (Å²) in [4.78, 5) is 10.7. The van der Waals surface area contributed by atoms with Crippen molar-refractivity contribution < 1.29 is 26.4 Å². The minimum Gasteiger partial charge on any atom is -0.303 e. The normalized spacial score (nSPS) is 16.7. The van der Waals surface area contributed by atoms with Crippen LogP contribution in [0.4, 0.5) is 13.2 Å². The van der Waals surface area contributed by atoms with Gasteiger partial charge in [-0.15, -0.1) is 5.10 Å². The lowest BCUT2D eigenvalue weighted by Gasteiger charge is -2.12. The van der Waals surface area contributed by atoms with Crippen molar-refractivity contribution in [1.82, 2.24) is 5.32 Å². The molecule has 1 amide bonds. The zero-order valence-electron chi connectivity index (χ0n) is 14.0. The number of hydrogen-bond donors (Lipinski definition) is 1. The van der Waals surface area contributed by atoms with Crippen molar-refractivity contribution in [3.63, 3.8) is 0 Å². The molecule has 0 spiro atoms. The van der Waals surface area contributed by atoms with E-state index in [4.69, 9.17) is 0 Å². The van der Waals surface area contributed by atoms with Crippen LogP contribution in [0.15, 0.2) is 68.5 Å². The molecule has 0 atom stereocenters. The highest BCUT2D eigenvalue weighted by atomic mass is 32.2. The summed E-state index contributed by atoms with van der Waals surface area (Å²) in [6.45, 7) is 0. The van der Waals surface area contributed by atoms with Crippen molar-refractivity contribution >= 4 is 38.9 Å². The van der Waals surface area contributed by atoms with E-state index in [0.717, 1.165) is 24.0 Å². The van der Waals surface area contributed by atoms with E-state index in [9.17, 15) is 26.4 Å². The summed E-state index contributed by atoms with van der Waals surface area (Å²) in [6.07, 6.45) is -3.73. The summed E-state index contributed by atoms with van der Waals surface area (Å²) >= 11 is 1.08. The Kier molecular flexibility index (Phi) is 5.57. The lowest BCUT2D eigenvalue weighted by atomic mass is 10.1. The van der Waals surface area contributed by atoms with Gasteiger partial charge in [-0.3, -0.25) is 4.79 Å². The van der Waals surface area contributed by atoms with Crippen molar-refractivity contribution in [1.29, 1.82) is 0 Å². The number of amidine groups is 1. The summed E-state index contributed by atoms with van der Waals surface area (Å²) in [5, 5.41) is 9.93. The van der Waals surface area contributed by atoms with Crippen LogP contribution in [0.25, 0.3) is 0 Å². The molecule has 2 aromatic rings. The largest absolute Gasteiger partial charge is 0.416 e. The number of carbonyl (C=O) groups excluding carboxylic acids is 1. The highest BCUT2D eigenvalue weighted by molar-refractivity contribution is 8.15. The zero-order valence-corrected chi connectivity index (χ0v) is 15.6. The van der Waals surface area contributed by atoms with Gasteiger partial charge >= 0.3 is 6.18 Å². The smallest absolute Gasteiger partial charge is 0.303 e. The Balaban J connectivity index is 2.06. The van der Waals surface area contributed by atoms with Crippen molar-refractivity contribution in [2.24, 2.45) is 10.2 Å². The van der Waals surface area contributed by atoms with Crippen LogP contribution >= 0.6 is 11.8 Å². The average molecular weight is 427 g/mol. The molecule has 6 nitrogen and oxygen atoms in total. The molecule has 1 heterocycles. The molecule has 2 aromatic carbocycles. The molecule has 1 aliphatic rings. The van der Waals surface area contributed by atoms with Crippen LogP contribution in [0, 0.1) is 0 Å². The fourth-order valence-corrected chi connectivity index (χ4v) is 4.39. The zero-order chi connectivity index (χ0) is 20.4. The molecule has 3 rings (SSSR count). The number of benzene rings is 2. The maximum atomic E-state index is 13.1. The van der Waals surface area contributed by atoms with Crippen LogP contribution < -0.4 is 5.32 Å². The number of amides is 1. The van der Waals surface area contributed by atoms with Gasteiger partial charge in [-0.1, -0.05) is 30.0 Å². The summed E-state index contributed by atoms with van der Waals surface area (Å²) < 4.78 is 64.8. The molecule has 0 aromatic heterocycles. The molecule has 0 saturated carbocycles. The monoisotopic (exact) mass is 427 g/mol. The standard InChI is InChI=1S/C17H12F3N3O3S2/c18-17(19,20)12-6-7-14(28(25,26)13-4-2-1-3-5-13)11(8-12)9-21-23-16-22-15(24)10-27-16/h1-9H,10H2,(H,22,23,24). The van der Waals surface area contributed by atoms with Gasteiger partial charge in [-0.2, -0.15) is 18.3 Å². The number of nitrogens with zero attached hydrogens (tertiary/aromatic N) is 2. The number of carbonyl (C=O) groups is 1. The molecule has 1 aliphatic heterocycles. The number of alkyl halides is 3. The number of sulfone groups is 1. The lowest BCUT2D eigenvalue weighted by molar-refractivity contribution is -0.137. The molecule has 0 unspecified atom stereocenters. The Morgan fingerprint density at radius 2 is 1.82 bits per heavy atom. The Hall–Kier alpha value is -2.66. The predicted octanol–water partition coefficient (Wildman–Crippen LogP) is 3.09. The number of hydrogen-bond acceptors (Lipinski definition) is 6. The third-order valence-electron chi connectivity index (χ3n) is 3.61. The van der Waals surface area contributed by atoms with Gasteiger partial charge in [0.2, 0.25) is 15.7 Å². The SMILES string of the molecule is O=C1CSC(=NN=Cc2cc(C(F)(F)F)ccc2S(=O)(=O)c2ccccc2)N1. The lowest BCUT2D eigenvalue weighted by Crippen LogP contribution is -2.19. The topological polar surface area (TPSA) is 88.0 Å². The van der Waals surface area contributed by atoms with Gasteiger partial charge < -0.3 is 5.32 Å². The quantitative estimate of drug-likeness (QED) is 0.600. The molecule has 0 bridgehead atoms. The van der Waals surface area contributed by atoms with E-state index in [-0.39, 0.29) is 32.2 Å². The first-order valence-corrected chi connectivity index (χ1v) is 10.2. The van der Waals surface area contributed by atoms with Crippen LogP contribution in [-0.4, -0.2) is 31.5 Å². The van der Waals surface area contributed by atoms with E-state index in [1.54, 1.807) is 6.07 Å². The van der Waals surface area contributed by atoms with Gasteiger partial charge in [0.1, 0.15) is 0 Å². The number of rotatable bonds is 4. The van der Waals surface area contributed by atoms with E-state index in [0.29, 0.717) is 12.1 Å². The second-order valence-electron chi connectivity index (χ2n) is 5.55. The molecular weight excluding hydrogens is 415 g/mol. The van der Waals surface area contributed by atoms with Crippen LogP contribution in [0.3, 0.4) is 0 Å². The number of thioether (sulfide) groups is 1. The van der Waals surface area contributed by atoms with Gasteiger partial charge in [-0.05, 0) is 30.3 Å². The van der Waals surface area contributed by atoms with Crippen LogP contribution in [0.1, 0.15) is 11.1 Å². The van der Waals surface area contributed by atoms with Gasteiger partial charge in [0.25, 0.3) is 0 Å². The molecule has 1 saturated heterocycles. The predicted molar refractivity (Wildman–Crippen MR) is 99.0 cm³/mol. The summed E-state index contributed by atoms with van der Waals surface area (Å²) in [5.41, 5.74) is -1.28. The van der Waals surface area contributed by atoms with Crippen LogP contribution in [-0.2, 0) is 20.8 Å². The fraction of sp³-hybridized carbons (Fsp3) is 0.118. The third kappa shape index (κ3) is 4.42. The van der Waals surface area contributed by atoms with Gasteiger partial charge in [0.15, 0.2) is 5.17 Å². The number of halogens is 3. The average Bonchev–Trinajstić information content (AvgIpc) is 3.06. The highest BCUT2D eigenvalue weighted by Gasteiger charge is 2.32. The Bertz CT molecular complexity index is 1070. The van der Waals surface area contributed by atoms with E-state index in [2.05, 4.69) is 15.5 Å². The van der Waals surface area contributed by atoms with Gasteiger partial charge in [0, 0.05) is 5.56 Å². The first-order valence-electron chi connectivity index (χ1n) is 7.73. The Morgan fingerprint density at radius 3 is 2.43 bits per heavy atom. The molecular formula is C17H12F3N3O3S2. The van der Waals surface area contributed by atoms with E-state index < -0.39 is 21.6 Å². The molecule has 1 fully saturated rings. The number of nitrogens with one attached hydrogen (secondary N) is 1. The van der Waals surface area contributed by atoms with Crippen LogP contribution in [0.5, 0.6) is 0 Å². The molecule has 0 radical (unpaired) electrons.